The number of fused-ring (bicyclic) bond motifs is 1. The molecule has 3 heterocycles. The van der Waals surface area contributed by atoms with Gasteiger partial charge in [-0.15, -0.1) is 0 Å². The summed E-state index contributed by atoms with van der Waals surface area (Å²) in [6.45, 7) is 0. The maximum atomic E-state index is 13.2. The first-order valence-corrected chi connectivity index (χ1v) is 9.34. The monoisotopic (exact) mass is 405 g/mol. The number of ketones is 1. The minimum absolute atomic E-state index is 0.114. The Hall–Kier alpha value is -3.81. The number of nitrogens with zero attached hydrogens (tertiary/aromatic N) is 5. The number of benzene rings is 1. The van der Waals surface area contributed by atoms with Gasteiger partial charge in [0, 0.05) is 45.5 Å². The second kappa shape index (κ2) is 7.55. The summed E-state index contributed by atoms with van der Waals surface area (Å²) in [4.78, 5) is 31.3. The van der Waals surface area contributed by atoms with E-state index < -0.39 is 0 Å². The van der Waals surface area contributed by atoms with Crippen LogP contribution in [-0.4, -0.2) is 49.9 Å². The van der Waals surface area contributed by atoms with Gasteiger partial charge in [0.1, 0.15) is 17.2 Å². The van der Waals surface area contributed by atoms with Gasteiger partial charge in [0.2, 0.25) is 0 Å². The summed E-state index contributed by atoms with van der Waals surface area (Å²) >= 11 is 0. The predicted molar refractivity (Wildman–Crippen MR) is 110 cm³/mol. The molecule has 1 amide bonds. The molecule has 0 unspecified atom stereocenters. The van der Waals surface area contributed by atoms with Crippen LogP contribution in [0.4, 0.5) is 4.39 Å². The van der Waals surface area contributed by atoms with Gasteiger partial charge in [0.25, 0.3) is 5.91 Å². The lowest BCUT2D eigenvalue weighted by Crippen LogP contribution is -2.24. The van der Waals surface area contributed by atoms with Gasteiger partial charge in [-0.25, -0.2) is 9.37 Å². The number of hydrogen-bond acceptors (Lipinski definition) is 4. The fourth-order valence-corrected chi connectivity index (χ4v) is 3.33. The SMILES string of the molecule is CN(C)C(=O)c1cnn(C)c1C(=O)Cc1ccn2cc(-c3ccc(F)cc3)nc2c1. The third-order valence-corrected chi connectivity index (χ3v) is 4.87. The minimum Gasteiger partial charge on any atom is -0.345 e. The lowest BCUT2D eigenvalue weighted by atomic mass is 10.0. The molecule has 0 spiro atoms. The molecule has 1 aromatic carbocycles. The van der Waals surface area contributed by atoms with Gasteiger partial charge < -0.3 is 9.30 Å². The summed E-state index contributed by atoms with van der Waals surface area (Å²) in [6, 6.07) is 9.80. The highest BCUT2D eigenvalue weighted by Crippen LogP contribution is 2.21. The van der Waals surface area contributed by atoms with Crippen molar-refractivity contribution >= 4 is 17.3 Å². The van der Waals surface area contributed by atoms with Gasteiger partial charge in [-0.3, -0.25) is 14.3 Å². The predicted octanol–water partition coefficient (Wildman–Crippen LogP) is 3.00. The first-order valence-electron chi connectivity index (χ1n) is 9.34. The maximum Gasteiger partial charge on any atom is 0.257 e. The first kappa shape index (κ1) is 19.5. The molecule has 0 saturated carbocycles. The Morgan fingerprint density at radius 2 is 1.87 bits per heavy atom. The van der Waals surface area contributed by atoms with Gasteiger partial charge in [0.15, 0.2) is 5.78 Å². The van der Waals surface area contributed by atoms with Crippen LogP contribution < -0.4 is 0 Å². The maximum absolute atomic E-state index is 13.2. The molecule has 4 rings (SSSR count). The molecule has 30 heavy (non-hydrogen) atoms. The van der Waals surface area contributed by atoms with Crippen molar-refractivity contribution in [1.82, 2.24) is 24.1 Å². The van der Waals surface area contributed by atoms with Crippen LogP contribution in [0.1, 0.15) is 26.4 Å². The van der Waals surface area contributed by atoms with Gasteiger partial charge in [-0.1, -0.05) is 0 Å². The Labute approximate surface area is 172 Å². The molecule has 0 fully saturated rings. The summed E-state index contributed by atoms with van der Waals surface area (Å²) in [5.41, 5.74) is 3.53. The van der Waals surface area contributed by atoms with E-state index in [9.17, 15) is 14.0 Å². The number of Topliss-reactive ketones (excluding diaryl/α,β-unsaturated/α-hetero) is 1. The molecular weight excluding hydrogens is 385 g/mol. The van der Waals surface area contributed by atoms with E-state index in [0.29, 0.717) is 11.3 Å². The lowest BCUT2D eigenvalue weighted by molar-refractivity contribution is 0.0819. The molecule has 0 aliphatic heterocycles. The van der Waals surface area contributed by atoms with E-state index in [2.05, 4.69) is 10.1 Å². The number of halogens is 1. The van der Waals surface area contributed by atoms with E-state index in [1.165, 1.54) is 27.9 Å². The van der Waals surface area contributed by atoms with Crippen molar-refractivity contribution in [2.75, 3.05) is 14.1 Å². The summed E-state index contributed by atoms with van der Waals surface area (Å²) in [5, 5.41) is 4.08. The molecule has 7 nitrogen and oxygen atoms in total. The molecule has 152 valence electrons. The van der Waals surface area contributed by atoms with E-state index in [1.807, 2.05) is 28.9 Å². The van der Waals surface area contributed by atoms with Crippen LogP contribution >= 0.6 is 0 Å². The number of aromatic nitrogens is 4. The Balaban J connectivity index is 1.62. The number of pyridine rings is 1. The van der Waals surface area contributed by atoms with E-state index in [0.717, 1.165) is 11.1 Å². The van der Waals surface area contributed by atoms with Crippen LogP contribution in [0.2, 0.25) is 0 Å². The van der Waals surface area contributed by atoms with Crippen LogP contribution in [0, 0.1) is 5.82 Å². The second-order valence-corrected chi connectivity index (χ2v) is 7.26. The highest BCUT2D eigenvalue weighted by Gasteiger charge is 2.23. The molecule has 0 aliphatic carbocycles. The lowest BCUT2D eigenvalue weighted by Gasteiger charge is -2.10. The highest BCUT2D eigenvalue weighted by molar-refractivity contribution is 6.07. The molecular formula is C22H20FN5O2. The largest absolute Gasteiger partial charge is 0.345 e. The molecule has 0 N–H and O–H groups in total. The van der Waals surface area contributed by atoms with Crippen LogP contribution in [0.5, 0.6) is 0 Å². The van der Waals surface area contributed by atoms with E-state index in [1.54, 1.807) is 33.3 Å². The summed E-state index contributed by atoms with van der Waals surface area (Å²) in [6.07, 6.45) is 5.21. The molecule has 8 heteroatoms. The third-order valence-electron chi connectivity index (χ3n) is 4.87. The van der Waals surface area contributed by atoms with Crippen LogP contribution in [-0.2, 0) is 13.5 Å². The standard InChI is InChI=1S/C22H20FN5O2/c1-26(2)22(30)17-12-24-27(3)21(17)19(29)10-14-8-9-28-13-18(25-20(28)11-14)15-4-6-16(23)7-5-15/h4-9,11-13H,10H2,1-3H3. The minimum atomic E-state index is -0.300. The fraction of sp³-hybridized carbons (Fsp3) is 0.182. The Morgan fingerprint density at radius 3 is 2.57 bits per heavy atom. The van der Waals surface area contributed by atoms with Crippen molar-refractivity contribution in [3.05, 3.63) is 77.6 Å². The normalized spacial score (nSPS) is 11.1. The van der Waals surface area contributed by atoms with Crippen molar-refractivity contribution in [3.63, 3.8) is 0 Å². The second-order valence-electron chi connectivity index (χ2n) is 7.26. The van der Waals surface area contributed by atoms with Crippen LogP contribution in [0.25, 0.3) is 16.9 Å². The number of aryl methyl sites for hydroxylation is 1. The van der Waals surface area contributed by atoms with Crippen molar-refractivity contribution in [1.29, 1.82) is 0 Å². The van der Waals surface area contributed by atoms with E-state index in [4.69, 9.17) is 0 Å². The average Bonchev–Trinajstić information content (AvgIpc) is 3.31. The van der Waals surface area contributed by atoms with E-state index >= 15 is 0 Å². The highest BCUT2D eigenvalue weighted by atomic mass is 19.1. The fourth-order valence-electron chi connectivity index (χ4n) is 3.33. The van der Waals surface area contributed by atoms with Crippen molar-refractivity contribution in [2.24, 2.45) is 7.05 Å². The first-order chi connectivity index (χ1) is 14.3. The van der Waals surface area contributed by atoms with Crippen molar-refractivity contribution in [3.8, 4) is 11.3 Å². The molecule has 0 saturated heterocycles. The summed E-state index contributed by atoms with van der Waals surface area (Å²) in [5.74, 6) is -0.764. The number of amides is 1. The molecule has 0 bridgehead atoms. The number of carbonyl (C=O) groups is 2. The zero-order valence-corrected chi connectivity index (χ0v) is 16.8. The smallest absolute Gasteiger partial charge is 0.257 e. The Morgan fingerprint density at radius 1 is 1.13 bits per heavy atom. The van der Waals surface area contributed by atoms with Gasteiger partial charge in [0.05, 0.1) is 17.5 Å². The number of hydrogen-bond donors (Lipinski definition) is 0. The Bertz CT molecular complexity index is 1250. The molecule has 0 aliphatic rings. The summed E-state index contributed by atoms with van der Waals surface area (Å²) < 4.78 is 16.4. The van der Waals surface area contributed by atoms with Crippen molar-refractivity contribution in [2.45, 2.75) is 6.42 Å². The van der Waals surface area contributed by atoms with Gasteiger partial charge in [-0.05, 0) is 42.0 Å². The quantitative estimate of drug-likeness (QED) is 0.479. The average molecular weight is 405 g/mol. The van der Waals surface area contributed by atoms with Crippen molar-refractivity contribution < 1.29 is 14.0 Å². The molecule has 3 aromatic heterocycles. The molecule has 0 radical (unpaired) electrons. The van der Waals surface area contributed by atoms with Crippen LogP contribution in [0.3, 0.4) is 0 Å². The third kappa shape index (κ3) is 3.59. The topological polar surface area (TPSA) is 72.5 Å². The Kier molecular flexibility index (Phi) is 4.91. The number of imidazole rings is 1. The summed E-state index contributed by atoms with van der Waals surface area (Å²) in [7, 11) is 4.91. The van der Waals surface area contributed by atoms with Gasteiger partial charge in [-0.2, -0.15) is 5.10 Å². The van der Waals surface area contributed by atoms with Crippen LogP contribution in [0.15, 0.2) is 55.0 Å². The van der Waals surface area contributed by atoms with Gasteiger partial charge >= 0.3 is 0 Å². The zero-order chi connectivity index (χ0) is 21.4. The van der Waals surface area contributed by atoms with E-state index in [-0.39, 0.29) is 35.2 Å². The molecule has 0 atom stereocenters. The number of carbonyl (C=O) groups excluding carboxylic acids is 2. The molecule has 4 aromatic rings. The zero-order valence-electron chi connectivity index (χ0n) is 16.8. The number of rotatable bonds is 5.